The molecule has 1 aliphatic carbocycles. The van der Waals surface area contributed by atoms with Gasteiger partial charge in [0.05, 0.1) is 13.2 Å². The van der Waals surface area contributed by atoms with Gasteiger partial charge in [0.2, 0.25) is 5.88 Å². The zero-order chi connectivity index (χ0) is 10.8. The zero-order valence-electron chi connectivity index (χ0n) is 8.40. The lowest BCUT2D eigenvalue weighted by molar-refractivity contribution is 0.0992. The maximum atomic E-state index is 11.2. The summed E-state index contributed by atoms with van der Waals surface area (Å²) in [7, 11) is 1.44. The molecule has 0 bridgehead atoms. The molecule has 0 unspecified atom stereocenters. The fourth-order valence-corrected chi connectivity index (χ4v) is 1.27. The minimum Gasteiger partial charge on any atom is -0.489 e. The second kappa shape index (κ2) is 3.76. The van der Waals surface area contributed by atoms with Crippen LogP contribution in [0.2, 0.25) is 0 Å². The Morgan fingerprint density at radius 3 is 2.87 bits per heavy atom. The molecule has 5 nitrogen and oxygen atoms in total. The summed E-state index contributed by atoms with van der Waals surface area (Å²) in [5, 5.41) is 0. The number of ether oxygens (including phenoxy) is 2. The van der Waals surface area contributed by atoms with Crippen LogP contribution in [-0.4, -0.2) is 24.1 Å². The van der Waals surface area contributed by atoms with Gasteiger partial charge in [0.15, 0.2) is 0 Å². The van der Waals surface area contributed by atoms with Gasteiger partial charge < -0.3 is 15.2 Å². The summed E-state index contributed by atoms with van der Waals surface area (Å²) in [5.74, 6) is 0.0769. The summed E-state index contributed by atoms with van der Waals surface area (Å²) in [6, 6.07) is 1.63. The predicted molar refractivity (Wildman–Crippen MR) is 53.0 cm³/mol. The molecule has 1 amide bonds. The van der Waals surface area contributed by atoms with Gasteiger partial charge in [0, 0.05) is 6.20 Å². The van der Waals surface area contributed by atoms with Crippen LogP contribution in [0.4, 0.5) is 0 Å². The van der Waals surface area contributed by atoms with Crippen LogP contribution in [0.3, 0.4) is 0 Å². The zero-order valence-corrected chi connectivity index (χ0v) is 8.40. The van der Waals surface area contributed by atoms with Gasteiger partial charge >= 0.3 is 0 Å². The van der Waals surface area contributed by atoms with Crippen LogP contribution in [0.15, 0.2) is 12.3 Å². The molecule has 0 saturated heterocycles. The Hall–Kier alpha value is -1.78. The second-order valence-corrected chi connectivity index (χ2v) is 3.37. The number of methoxy groups -OCH3 is 1. The van der Waals surface area contributed by atoms with Gasteiger partial charge in [0.1, 0.15) is 11.3 Å². The Bertz CT molecular complexity index is 388. The lowest BCUT2D eigenvalue weighted by atomic mass is 10.2. The minimum atomic E-state index is -0.587. The first-order chi connectivity index (χ1) is 7.22. The first kappa shape index (κ1) is 9.76. The summed E-state index contributed by atoms with van der Waals surface area (Å²) in [5.41, 5.74) is 5.46. The molecule has 1 aromatic rings. The normalized spacial score (nSPS) is 14.7. The van der Waals surface area contributed by atoms with Crippen molar-refractivity contribution < 1.29 is 14.3 Å². The fraction of sp³-hybridized carbons (Fsp3) is 0.400. The SMILES string of the molecule is COc1nccc(OC2CC2)c1C(N)=O. The van der Waals surface area contributed by atoms with E-state index in [4.69, 9.17) is 15.2 Å². The van der Waals surface area contributed by atoms with Crippen LogP contribution in [0.1, 0.15) is 23.2 Å². The highest BCUT2D eigenvalue weighted by Crippen LogP contribution is 2.31. The molecule has 0 radical (unpaired) electrons. The number of hydrogen-bond acceptors (Lipinski definition) is 4. The predicted octanol–water partition coefficient (Wildman–Crippen LogP) is 0.730. The van der Waals surface area contributed by atoms with E-state index in [0.717, 1.165) is 12.8 Å². The van der Waals surface area contributed by atoms with Gasteiger partial charge in [-0.3, -0.25) is 4.79 Å². The number of nitrogens with zero attached hydrogens (tertiary/aromatic N) is 1. The molecular formula is C10H12N2O3. The molecule has 5 heteroatoms. The van der Waals surface area contributed by atoms with E-state index in [1.165, 1.54) is 13.3 Å². The standard InChI is InChI=1S/C10H12N2O3/c1-14-10-8(9(11)13)7(4-5-12-10)15-6-2-3-6/h4-6H,2-3H2,1H3,(H2,11,13). The summed E-state index contributed by atoms with van der Waals surface area (Å²) in [4.78, 5) is 15.1. The third-order valence-electron chi connectivity index (χ3n) is 2.14. The minimum absolute atomic E-state index is 0.204. The van der Waals surface area contributed by atoms with Crippen molar-refractivity contribution in [3.63, 3.8) is 0 Å². The van der Waals surface area contributed by atoms with Crippen LogP contribution in [0.25, 0.3) is 0 Å². The van der Waals surface area contributed by atoms with Crippen LogP contribution >= 0.6 is 0 Å². The number of carbonyl (C=O) groups excluding carboxylic acids is 1. The van der Waals surface area contributed by atoms with E-state index in [1.54, 1.807) is 6.07 Å². The number of amides is 1. The number of carbonyl (C=O) groups is 1. The van der Waals surface area contributed by atoms with E-state index in [0.29, 0.717) is 5.75 Å². The summed E-state index contributed by atoms with van der Waals surface area (Å²) in [6.45, 7) is 0. The highest BCUT2D eigenvalue weighted by molar-refractivity contribution is 5.97. The molecule has 0 atom stereocenters. The Labute approximate surface area is 87.2 Å². The topological polar surface area (TPSA) is 74.4 Å². The summed E-state index contributed by atoms with van der Waals surface area (Å²) < 4.78 is 10.5. The van der Waals surface area contributed by atoms with Crippen molar-refractivity contribution in [2.45, 2.75) is 18.9 Å². The van der Waals surface area contributed by atoms with Gasteiger partial charge in [-0.2, -0.15) is 0 Å². The van der Waals surface area contributed by atoms with Crippen molar-refractivity contribution in [2.24, 2.45) is 5.73 Å². The molecule has 0 aromatic carbocycles. The number of pyridine rings is 1. The van der Waals surface area contributed by atoms with E-state index >= 15 is 0 Å². The third kappa shape index (κ3) is 2.01. The molecule has 1 heterocycles. The van der Waals surface area contributed by atoms with Crippen LogP contribution in [0.5, 0.6) is 11.6 Å². The average molecular weight is 208 g/mol. The van der Waals surface area contributed by atoms with Crippen molar-refractivity contribution in [3.05, 3.63) is 17.8 Å². The first-order valence-corrected chi connectivity index (χ1v) is 4.72. The van der Waals surface area contributed by atoms with Gasteiger partial charge in [-0.25, -0.2) is 4.98 Å². The molecule has 1 fully saturated rings. The van der Waals surface area contributed by atoms with Crippen LogP contribution < -0.4 is 15.2 Å². The quantitative estimate of drug-likeness (QED) is 0.791. The number of primary amides is 1. The number of rotatable bonds is 4. The molecule has 80 valence electrons. The maximum Gasteiger partial charge on any atom is 0.258 e. The monoisotopic (exact) mass is 208 g/mol. The third-order valence-corrected chi connectivity index (χ3v) is 2.14. The maximum absolute atomic E-state index is 11.2. The smallest absolute Gasteiger partial charge is 0.258 e. The van der Waals surface area contributed by atoms with Crippen molar-refractivity contribution in [3.8, 4) is 11.6 Å². The molecule has 1 aromatic heterocycles. The summed E-state index contributed by atoms with van der Waals surface area (Å²) >= 11 is 0. The molecule has 0 spiro atoms. The molecule has 15 heavy (non-hydrogen) atoms. The molecule has 2 N–H and O–H groups in total. The highest BCUT2D eigenvalue weighted by atomic mass is 16.5. The van der Waals surface area contributed by atoms with Crippen molar-refractivity contribution in [2.75, 3.05) is 7.11 Å². The van der Waals surface area contributed by atoms with Gasteiger partial charge in [-0.1, -0.05) is 0 Å². The van der Waals surface area contributed by atoms with E-state index < -0.39 is 5.91 Å². The molecule has 2 rings (SSSR count). The van der Waals surface area contributed by atoms with Crippen molar-refractivity contribution in [1.29, 1.82) is 0 Å². The Morgan fingerprint density at radius 2 is 2.33 bits per heavy atom. The van der Waals surface area contributed by atoms with Gasteiger partial charge in [-0.05, 0) is 18.9 Å². The van der Waals surface area contributed by atoms with Gasteiger partial charge in [0.25, 0.3) is 5.91 Å². The Kier molecular flexibility index (Phi) is 2.45. The number of hydrogen-bond donors (Lipinski definition) is 1. The molecule has 1 aliphatic rings. The van der Waals surface area contributed by atoms with E-state index in [-0.39, 0.29) is 17.5 Å². The highest BCUT2D eigenvalue weighted by Gasteiger charge is 2.27. The van der Waals surface area contributed by atoms with E-state index in [2.05, 4.69) is 4.98 Å². The number of nitrogens with two attached hydrogens (primary N) is 1. The first-order valence-electron chi connectivity index (χ1n) is 4.72. The molecule has 0 aliphatic heterocycles. The van der Waals surface area contributed by atoms with Crippen molar-refractivity contribution >= 4 is 5.91 Å². The Balaban J connectivity index is 2.37. The molecular weight excluding hydrogens is 196 g/mol. The Morgan fingerprint density at radius 1 is 1.60 bits per heavy atom. The van der Waals surface area contributed by atoms with Crippen LogP contribution in [0, 0.1) is 0 Å². The molecule has 1 saturated carbocycles. The van der Waals surface area contributed by atoms with Crippen molar-refractivity contribution in [1.82, 2.24) is 4.98 Å². The van der Waals surface area contributed by atoms with Gasteiger partial charge in [-0.15, -0.1) is 0 Å². The van der Waals surface area contributed by atoms with E-state index in [1.807, 2.05) is 0 Å². The second-order valence-electron chi connectivity index (χ2n) is 3.37. The fourth-order valence-electron chi connectivity index (χ4n) is 1.27. The van der Waals surface area contributed by atoms with Crippen LogP contribution in [-0.2, 0) is 0 Å². The number of aromatic nitrogens is 1. The lowest BCUT2D eigenvalue weighted by Crippen LogP contribution is -2.15. The lowest BCUT2D eigenvalue weighted by Gasteiger charge is -2.10. The summed E-state index contributed by atoms with van der Waals surface area (Å²) in [6.07, 6.45) is 3.77. The van der Waals surface area contributed by atoms with E-state index in [9.17, 15) is 4.79 Å². The average Bonchev–Trinajstić information content (AvgIpc) is 3.01. The largest absolute Gasteiger partial charge is 0.489 e.